The number of benzene rings is 1. The van der Waals surface area contributed by atoms with Gasteiger partial charge in [0.05, 0.1) is 6.42 Å². The Labute approximate surface area is 180 Å². The van der Waals surface area contributed by atoms with E-state index in [-0.39, 0.29) is 5.91 Å². The maximum absolute atomic E-state index is 12.8. The number of nitrogens with zero attached hydrogens (tertiary/aromatic N) is 7. The minimum absolute atomic E-state index is 0.191. The van der Waals surface area contributed by atoms with Crippen molar-refractivity contribution in [3.63, 3.8) is 0 Å². The highest BCUT2D eigenvalue weighted by Gasteiger charge is 2.22. The summed E-state index contributed by atoms with van der Waals surface area (Å²) in [4.78, 5) is 18.2. The van der Waals surface area contributed by atoms with Crippen LogP contribution in [0.4, 0.5) is 5.82 Å². The number of rotatable bonds is 5. The number of hydrogen-bond donors (Lipinski definition) is 0. The Balaban J connectivity index is 1.13. The van der Waals surface area contributed by atoms with Crippen molar-refractivity contribution in [3.8, 4) is 0 Å². The first-order chi connectivity index (χ1) is 14.7. The fourth-order valence-electron chi connectivity index (χ4n) is 3.96. The van der Waals surface area contributed by atoms with E-state index >= 15 is 0 Å². The fraction of sp³-hybridized carbons (Fsp3) is 0.429. The van der Waals surface area contributed by atoms with Crippen LogP contribution in [0.3, 0.4) is 0 Å². The lowest BCUT2D eigenvalue weighted by atomic mass is 10.1. The summed E-state index contributed by atoms with van der Waals surface area (Å²) in [6, 6.07) is 12.3. The molecule has 2 aliphatic heterocycles. The van der Waals surface area contributed by atoms with Gasteiger partial charge < -0.3 is 9.80 Å². The van der Waals surface area contributed by atoms with Crippen LogP contribution in [0.1, 0.15) is 18.4 Å². The number of hydrogen-bond acceptors (Lipinski definition) is 7. The van der Waals surface area contributed by atoms with Crippen LogP contribution in [-0.4, -0.2) is 74.2 Å². The Morgan fingerprint density at radius 3 is 2.47 bits per heavy atom. The van der Waals surface area contributed by atoms with Gasteiger partial charge in [0, 0.05) is 44.2 Å². The van der Waals surface area contributed by atoms with Gasteiger partial charge in [-0.25, -0.2) is 4.31 Å². The van der Waals surface area contributed by atoms with Crippen molar-refractivity contribution in [2.75, 3.05) is 44.2 Å². The zero-order chi connectivity index (χ0) is 20.3. The predicted octanol–water partition coefficient (Wildman–Crippen LogP) is 2.12. The SMILES string of the molecule is O=C(Cc1ccc(SN2CCCC2)cc1)N1CCN(c2ccc3nncn3n2)CC1. The Hall–Kier alpha value is -2.65. The van der Waals surface area contributed by atoms with E-state index in [1.807, 2.05) is 29.0 Å². The van der Waals surface area contributed by atoms with Gasteiger partial charge in [-0.05, 0) is 54.6 Å². The van der Waals surface area contributed by atoms with Gasteiger partial charge in [0.2, 0.25) is 5.91 Å². The summed E-state index contributed by atoms with van der Waals surface area (Å²) in [5, 5.41) is 12.4. The lowest BCUT2D eigenvalue weighted by Gasteiger charge is -2.35. The van der Waals surface area contributed by atoms with Crippen LogP contribution < -0.4 is 4.90 Å². The smallest absolute Gasteiger partial charge is 0.227 e. The average molecular weight is 424 g/mol. The molecule has 4 heterocycles. The van der Waals surface area contributed by atoms with Gasteiger partial charge >= 0.3 is 0 Å². The minimum Gasteiger partial charge on any atom is -0.352 e. The van der Waals surface area contributed by atoms with E-state index in [0.717, 1.165) is 30.1 Å². The number of piperazine rings is 1. The van der Waals surface area contributed by atoms with E-state index in [1.165, 1.54) is 30.8 Å². The van der Waals surface area contributed by atoms with E-state index in [0.29, 0.717) is 19.5 Å². The molecule has 30 heavy (non-hydrogen) atoms. The highest BCUT2D eigenvalue weighted by Crippen LogP contribution is 2.27. The first kappa shape index (κ1) is 19.3. The third-order valence-electron chi connectivity index (χ3n) is 5.68. The summed E-state index contributed by atoms with van der Waals surface area (Å²) >= 11 is 1.82. The highest BCUT2D eigenvalue weighted by molar-refractivity contribution is 7.97. The van der Waals surface area contributed by atoms with E-state index in [4.69, 9.17) is 0 Å². The van der Waals surface area contributed by atoms with Gasteiger partial charge in [0.15, 0.2) is 5.65 Å². The molecule has 0 aliphatic carbocycles. The molecule has 0 saturated carbocycles. The predicted molar refractivity (Wildman–Crippen MR) is 116 cm³/mol. The molecule has 1 aromatic carbocycles. The molecular formula is C21H25N7OS. The molecule has 1 amide bonds. The molecule has 5 rings (SSSR count). The molecule has 2 aromatic heterocycles. The zero-order valence-corrected chi connectivity index (χ0v) is 17.7. The van der Waals surface area contributed by atoms with Crippen LogP contribution in [0.15, 0.2) is 47.6 Å². The summed E-state index contributed by atoms with van der Waals surface area (Å²) in [5.74, 6) is 1.08. The van der Waals surface area contributed by atoms with Gasteiger partial charge in [0.25, 0.3) is 0 Å². The first-order valence-corrected chi connectivity index (χ1v) is 11.2. The summed E-state index contributed by atoms with van der Waals surface area (Å²) in [6.07, 6.45) is 4.64. The second kappa shape index (κ2) is 8.61. The number of carbonyl (C=O) groups is 1. The summed E-state index contributed by atoms with van der Waals surface area (Å²) in [6.45, 7) is 5.31. The second-order valence-corrected chi connectivity index (χ2v) is 8.91. The topological polar surface area (TPSA) is 69.9 Å². The first-order valence-electron chi connectivity index (χ1n) is 10.5. The van der Waals surface area contributed by atoms with E-state index in [1.54, 1.807) is 10.8 Å². The van der Waals surface area contributed by atoms with Crippen molar-refractivity contribution < 1.29 is 4.79 Å². The lowest BCUT2D eigenvalue weighted by Crippen LogP contribution is -2.49. The molecule has 3 aromatic rings. The third kappa shape index (κ3) is 4.27. The molecule has 0 N–H and O–H groups in total. The van der Waals surface area contributed by atoms with Crippen molar-refractivity contribution in [3.05, 3.63) is 48.3 Å². The summed E-state index contributed by atoms with van der Waals surface area (Å²) in [5.41, 5.74) is 1.81. The molecule has 0 radical (unpaired) electrons. The molecular weight excluding hydrogens is 398 g/mol. The van der Waals surface area contributed by atoms with Gasteiger partial charge in [0.1, 0.15) is 12.1 Å². The summed E-state index contributed by atoms with van der Waals surface area (Å²) < 4.78 is 4.09. The largest absolute Gasteiger partial charge is 0.352 e. The van der Waals surface area contributed by atoms with Crippen LogP contribution in [-0.2, 0) is 11.2 Å². The number of anilines is 1. The van der Waals surface area contributed by atoms with Crippen molar-refractivity contribution in [2.24, 2.45) is 0 Å². The minimum atomic E-state index is 0.191. The number of carbonyl (C=O) groups excluding carboxylic acids is 1. The molecule has 8 nitrogen and oxygen atoms in total. The fourth-order valence-corrected chi connectivity index (χ4v) is 4.95. The van der Waals surface area contributed by atoms with Crippen LogP contribution in [0, 0.1) is 0 Å². The normalized spacial score (nSPS) is 17.7. The molecule has 0 unspecified atom stereocenters. The Morgan fingerprint density at radius 1 is 0.933 bits per heavy atom. The Morgan fingerprint density at radius 2 is 1.70 bits per heavy atom. The van der Waals surface area contributed by atoms with Gasteiger partial charge in [-0.2, -0.15) is 4.52 Å². The Bertz CT molecular complexity index is 1010. The number of aromatic nitrogens is 4. The third-order valence-corrected chi connectivity index (χ3v) is 6.79. The van der Waals surface area contributed by atoms with E-state index in [2.05, 4.69) is 48.8 Å². The van der Waals surface area contributed by atoms with Crippen LogP contribution in [0.25, 0.3) is 5.65 Å². The highest BCUT2D eigenvalue weighted by atomic mass is 32.2. The quantitative estimate of drug-likeness (QED) is 0.582. The molecule has 0 atom stereocenters. The number of fused-ring (bicyclic) bond motifs is 1. The van der Waals surface area contributed by atoms with E-state index in [9.17, 15) is 4.79 Å². The van der Waals surface area contributed by atoms with Gasteiger partial charge in [-0.3, -0.25) is 4.79 Å². The van der Waals surface area contributed by atoms with Crippen LogP contribution >= 0.6 is 11.9 Å². The molecule has 0 bridgehead atoms. The maximum atomic E-state index is 12.8. The second-order valence-electron chi connectivity index (χ2n) is 7.74. The van der Waals surface area contributed by atoms with Crippen LogP contribution in [0.2, 0.25) is 0 Å². The molecule has 9 heteroatoms. The van der Waals surface area contributed by atoms with Crippen molar-refractivity contribution in [1.29, 1.82) is 0 Å². The molecule has 156 valence electrons. The summed E-state index contributed by atoms with van der Waals surface area (Å²) in [7, 11) is 0. The average Bonchev–Trinajstić information content (AvgIpc) is 3.46. The number of amides is 1. The van der Waals surface area contributed by atoms with E-state index < -0.39 is 0 Å². The van der Waals surface area contributed by atoms with Crippen LogP contribution in [0.5, 0.6) is 0 Å². The maximum Gasteiger partial charge on any atom is 0.227 e. The molecule has 0 spiro atoms. The lowest BCUT2D eigenvalue weighted by molar-refractivity contribution is -0.130. The van der Waals surface area contributed by atoms with Crippen molar-refractivity contribution in [2.45, 2.75) is 24.2 Å². The van der Waals surface area contributed by atoms with Crippen molar-refractivity contribution >= 4 is 29.3 Å². The Kier molecular flexibility index (Phi) is 5.54. The molecule has 2 saturated heterocycles. The molecule has 2 fully saturated rings. The zero-order valence-electron chi connectivity index (χ0n) is 16.9. The van der Waals surface area contributed by atoms with Gasteiger partial charge in [-0.1, -0.05) is 12.1 Å². The van der Waals surface area contributed by atoms with Gasteiger partial charge in [-0.15, -0.1) is 15.3 Å². The van der Waals surface area contributed by atoms with Crippen molar-refractivity contribution in [1.82, 2.24) is 29.0 Å². The molecule has 2 aliphatic rings. The standard InChI is InChI=1S/C21H25N7OS/c29-21(15-17-3-5-18(6-4-17)30-27-9-1-2-10-27)26-13-11-25(12-14-26)20-8-7-19-23-22-16-28(19)24-20/h3-8,16H,1-2,9-15H2. The monoisotopic (exact) mass is 423 g/mol.